The van der Waals surface area contributed by atoms with Crippen LogP contribution in [0.4, 0.5) is 28.9 Å². The third kappa shape index (κ3) is 4.80. The van der Waals surface area contributed by atoms with E-state index >= 15 is 0 Å². The first-order valence-electron chi connectivity index (χ1n) is 8.31. The summed E-state index contributed by atoms with van der Waals surface area (Å²) in [6.07, 6.45) is -3.91. The van der Waals surface area contributed by atoms with E-state index in [1.54, 1.807) is 4.72 Å². The van der Waals surface area contributed by atoms with Crippen LogP contribution in [0.3, 0.4) is 0 Å². The van der Waals surface area contributed by atoms with Gasteiger partial charge in [0, 0.05) is 5.69 Å². The van der Waals surface area contributed by atoms with Crippen molar-refractivity contribution in [1.82, 2.24) is 5.16 Å². The molecule has 164 valence electrons. The molecule has 0 aliphatic rings. The predicted octanol–water partition coefficient (Wildman–Crippen LogP) is 4.85. The summed E-state index contributed by atoms with van der Waals surface area (Å²) in [5.74, 6) is -1.93. The van der Waals surface area contributed by atoms with E-state index in [2.05, 4.69) is 10.5 Å². The Morgan fingerprint density at radius 3 is 2.52 bits per heavy atom. The molecule has 0 unspecified atom stereocenters. The molecule has 1 amide bonds. The van der Waals surface area contributed by atoms with Crippen molar-refractivity contribution in [3.8, 4) is 0 Å². The molecule has 0 aliphatic heterocycles. The van der Waals surface area contributed by atoms with Crippen molar-refractivity contribution < 1.29 is 35.3 Å². The summed E-state index contributed by atoms with van der Waals surface area (Å²) in [6.45, 7) is 1.44. The molecular weight excluding hydrogens is 466 g/mol. The number of sulfonamides is 1. The number of aromatic nitrogens is 1. The third-order valence-electron chi connectivity index (χ3n) is 4.03. The number of carbonyl (C=O) groups is 1. The molecule has 0 aliphatic carbocycles. The van der Waals surface area contributed by atoms with Gasteiger partial charge in [0.05, 0.1) is 22.5 Å². The first kappa shape index (κ1) is 22.6. The van der Waals surface area contributed by atoms with Gasteiger partial charge in [-0.15, -0.1) is 0 Å². The van der Waals surface area contributed by atoms with Crippen LogP contribution < -0.4 is 10.0 Å². The lowest BCUT2D eigenvalue weighted by Gasteiger charge is -2.17. The first-order chi connectivity index (χ1) is 14.4. The van der Waals surface area contributed by atoms with Crippen molar-refractivity contribution in [2.45, 2.75) is 18.0 Å². The molecule has 31 heavy (non-hydrogen) atoms. The number of carbonyl (C=O) groups excluding carboxylic acids is 1. The zero-order valence-electron chi connectivity index (χ0n) is 15.4. The largest absolute Gasteiger partial charge is 0.418 e. The Morgan fingerprint density at radius 2 is 1.90 bits per heavy atom. The Kier molecular flexibility index (Phi) is 5.96. The molecular formula is C18H12ClF4N3O4S. The summed E-state index contributed by atoms with van der Waals surface area (Å²) in [4.78, 5) is 11.2. The van der Waals surface area contributed by atoms with Gasteiger partial charge in [-0.3, -0.25) is 9.52 Å². The van der Waals surface area contributed by atoms with Gasteiger partial charge in [-0.2, -0.15) is 13.2 Å². The highest BCUT2D eigenvalue weighted by Crippen LogP contribution is 2.38. The van der Waals surface area contributed by atoms with Gasteiger partial charge in [0.25, 0.3) is 15.9 Å². The predicted molar refractivity (Wildman–Crippen MR) is 103 cm³/mol. The number of rotatable bonds is 5. The molecule has 3 aromatic rings. The van der Waals surface area contributed by atoms with E-state index in [0.29, 0.717) is 6.07 Å². The highest BCUT2D eigenvalue weighted by Gasteiger charge is 2.35. The lowest BCUT2D eigenvalue weighted by molar-refractivity contribution is -0.136. The lowest BCUT2D eigenvalue weighted by Crippen LogP contribution is -2.19. The SMILES string of the molecule is Cc1oncc1C(=O)Nc1ccc(NS(=O)(=O)c2cccc(Cl)c2F)c(C(F)(F)F)c1. The van der Waals surface area contributed by atoms with Crippen molar-refractivity contribution in [3.05, 3.63) is 70.3 Å². The summed E-state index contributed by atoms with van der Waals surface area (Å²) in [6, 6.07) is 5.45. The Labute approximate surface area is 178 Å². The van der Waals surface area contributed by atoms with Gasteiger partial charge in [0.2, 0.25) is 0 Å². The molecule has 1 heterocycles. The third-order valence-corrected chi connectivity index (χ3v) is 5.70. The molecule has 0 saturated heterocycles. The fourth-order valence-electron chi connectivity index (χ4n) is 2.55. The number of alkyl halides is 3. The molecule has 2 aromatic carbocycles. The number of anilines is 2. The lowest BCUT2D eigenvalue weighted by atomic mass is 10.1. The van der Waals surface area contributed by atoms with E-state index in [1.165, 1.54) is 6.92 Å². The molecule has 3 rings (SSSR count). The highest BCUT2D eigenvalue weighted by molar-refractivity contribution is 7.92. The van der Waals surface area contributed by atoms with Gasteiger partial charge in [-0.05, 0) is 37.3 Å². The van der Waals surface area contributed by atoms with Crippen molar-refractivity contribution in [2.24, 2.45) is 0 Å². The summed E-state index contributed by atoms with van der Waals surface area (Å²) >= 11 is 5.55. The molecule has 0 saturated carbocycles. The van der Waals surface area contributed by atoms with E-state index in [9.17, 15) is 30.8 Å². The van der Waals surface area contributed by atoms with Crippen LogP contribution in [0.25, 0.3) is 0 Å². The van der Waals surface area contributed by atoms with Crippen LogP contribution in [0.5, 0.6) is 0 Å². The summed E-state index contributed by atoms with van der Waals surface area (Å²) in [5.41, 5.74) is -2.53. The van der Waals surface area contributed by atoms with Gasteiger partial charge in [0.1, 0.15) is 16.2 Å². The fourth-order valence-corrected chi connectivity index (χ4v) is 3.96. The number of benzene rings is 2. The van der Waals surface area contributed by atoms with E-state index in [4.69, 9.17) is 16.1 Å². The maximum Gasteiger partial charge on any atom is 0.418 e. The van der Waals surface area contributed by atoms with E-state index in [0.717, 1.165) is 36.5 Å². The van der Waals surface area contributed by atoms with Gasteiger partial charge in [-0.25, -0.2) is 12.8 Å². The fraction of sp³-hybridized carbons (Fsp3) is 0.111. The zero-order chi connectivity index (χ0) is 23.0. The Balaban J connectivity index is 1.97. The summed E-state index contributed by atoms with van der Waals surface area (Å²) in [5, 5.41) is 5.13. The van der Waals surface area contributed by atoms with Crippen molar-refractivity contribution >= 4 is 38.9 Å². The molecule has 13 heteroatoms. The number of halogens is 5. The van der Waals surface area contributed by atoms with Crippen LogP contribution >= 0.6 is 11.6 Å². The second-order valence-electron chi connectivity index (χ2n) is 6.17. The molecule has 0 radical (unpaired) electrons. The zero-order valence-corrected chi connectivity index (χ0v) is 17.0. The highest BCUT2D eigenvalue weighted by atomic mass is 35.5. The number of nitrogens with one attached hydrogen (secondary N) is 2. The van der Waals surface area contributed by atoms with Crippen LogP contribution in [-0.2, 0) is 16.2 Å². The number of amides is 1. The van der Waals surface area contributed by atoms with Gasteiger partial charge >= 0.3 is 6.18 Å². The minimum Gasteiger partial charge on any atom is -0.361 e. The maximum absolute atomic E-state index is 14.1. The van der Waals surface area contributed by atoms with E-state index in [-0.39, 0.29) is 17.0 Å². The minimum atomic E-state index is -5.00. The molecule has 1 aromatic heterocycles. The second-order valence-corrected chi connectivity index (χ2v) is 8.22. The van der Waals surface area contributed by atoms with E-state index in [1.807, 2.05) is 0 Å². The smallest absolute Gasteiger partial charge is 0.361 e. The average Bonchev–Trinajstić information content (AvgIpc) is 3.10. The number of aryl methyl sites for hydroxylation is 1. The molecule has 0 bridgehead atoms. The Hall–Kier alpha value is -3.12. The van der Waals surface area contributed by atoms with Crippen LogP contribution in [0.1, 0.15) is 21.7 Å². The number of hydrogen-bond donors (Lipinski definition) is 2. The quantitative estimate of drug-likeness (QED) is 0.512. The minimum absolute atomic E-state index is 0.00905. The first-order valence-corrected chi connectivity index (χ1v) is 10.2. The second kappa shape index (κ2) is 8.19. The molecule has 0 atom stereocenters. The van der Waals surface area contributed by atoms with Crippen LogP contribution in [0.15, 0.2) is 52.0 Å². The van der Waals surface area contributed by atoms with Crippen LogP contribution in [-0.4, -0.2) is 19.5 Å². The van der Waals surface area contributed by atoms with Crippen LogP contribution in [0.2, 0.25) is 5.02 Å². The van der Waals surface area contributed by atoms with Crippen LogP contribution in [0, 0.1) is 12.7 Å². The van der Waals surface area contributed by atoms with Crippen molar-refractivity contribution in [1.29, 1.82) is 0 Å². The standard InChI is InChI=1S/C18H12ClF4N3O4S/c1-9-11(8-24-30-9)17(27)25-10-5-6-14(12(7-10)18(21,22)23)26-31(28,29)15-4-2-3-13(19)16(15)20/h2-8,26H,1H3,(H,25,27). The molecule has 7 nitrogen and oxygen atoms in total. The topological polar surface area (TPSA) is 101 Å². The van der Waals surface area contributed by atoms with Crippen molar-refractivity contribution in [3.63, 3.8) is 0 Å². The van der Waals surface area contributed by atoms with Gasteiger partial charge in [0.15, 0.2) is 5.82 Å². The van der Waals surface area contributed by atoms with Crippen molar-refractivity contribution in [2.75, 3.05) is 10.0 Å². The number of hydrogen-bond acceptors (Lipinski definition) is 5. The Bertz CT molecular complexity index is 1260. The Morgan fingerprint density at radius 1 is 1.19 bits per heavy atom. The number of nitrogens with zero attached hydrogens (tertiary/aromatic N) is 1. The molecule has 0 spiro atoms. The molecule has 2 N–H and O–H groups in total. The normalized spacial score (nSPS) is 11.9. The summed E-state index contributed by atoms with van der Waals surface area (Å²) in [7, 11) is -4.74. The van der Waals surface area contributed by atoms with Gasteiger partial charge in [-0.1, -0.05) is 22.8 Å². The summed E-state index contributed by atoms with van der Waals surface area (Å²) < 4.78 is 86.1. The monoisotopic (exact) mass is 477 g/mol. The van der Waals surface area contributed by atoms with Gasteiger partial charge < -0.3 is 9.84 Å². The molecule has 0 fully saturated rings. The van der Waals surface area contributed by atoms with E-state index < -0.39 is 49.1 Å². The average molecular weight is 478 g/mol. The maximum atomic E-state index is 14.1.